The summed E-state index contributed by atoms with van der Waals surface area (Å²) in [4.78, 5) is 0. The van der Waals surface area contributed by atoms with Crippen molar-refractivity contribution in [2.45, 2.75) is 6.92 Å². The average Bonchev–Trinajstić information content (AvgIpc) is 3.14. The summed E-state index contributed by atoms with van der Waals surface area (Å²) >= 11 is 0. The zero-order valence-corrected chi connectivity index (χ0v) is 26.2. The predicted molar refractivity (Wildman–Crippen MR) is 202 cm³/mol. The van der Waals surface area contributed by atoms with Crippen LogP contribution in [0, 0.1) is 6.92 Å². The maximum absolute atomic E-state index is 2.35. The first-order chi connectivity index (χ1) is 23.2. The van der Waals surface area contributed by atoms with Gasteiger partial charge in [-0.1, -0.05) is 151 Å². The second-order valence-corrected chi connectivity index (χ2v) is 12.7. The molecule has 0 unspecified atom stereocenters. The van der Waals surface area contributed by atoms with Crippen molar-refractivity contribution in [3.05, 3.63) is 181 Å². The summed E-state index contributed by atoms with van der Waals surface area (Å²) in [5.74, 6) is 0. The zero-order chi connectivity index (χ0) is 31.3. The monoisotopic (exact) mass is 596 g/mol. The van der Waals surface area contributed by atoms with E-state index >= 15 is 0 Å². The van der Waals surface area contributed by atoms with Gasteiger partial charge in [-0.25, -0.2) is 0 Å². The molecular formula is C47H32. The van der Waals surface area contributed by atoms with E-state index in [0.29, 0.717) is 0 Å². The molecule has 0 aliphatic heterocycles. The summed E-state index contributed by atoms with van der Waals surface area (Å²) in [7, 11) is 0. The fraction of sp³-hybridized carbons (Fsp3) is 0.0213. The van der Waals surface area contributed by atoms with Crippen LogP contribution in [0.15, 0.2) is 176 Å². The van der Waals surface area contributed by atoms with Crippen molar-refractivity contribution in [3.63, 3.8) is 0 Å². The van der Waals surface area contributed by atoms with Gasteiger partial charge in [0, 0.05) is 0 Å². The summed E-state index contributed by atoms with van der Waals surface area (Å²) in [6.07, 6.45) is 0. The normalized spacial score (nSPS) is 11.5. The first-order valence-electron chi connectivity index (χ1n) is 16.3. The van der Waals surface area contributed by atoms with Crippen LogP contribution in [0.3, 0.4) is 0 Å². The quantitative estimate of drug-likeness (QED) is 0.173. The Bertz CT molecular complexity index is 2450. The lowest BCUT2D eigenvalue weighted by Gasteiger charge is -2.14. The molecule has 0 atom stereocenters. The van der Waals surface area contributed by atoms with Crippen molar-refractivity contribution >= 4 is 32.3 Å². The van der Waals surface area contributed by atoms with Gasteiger partial charge in [-0.05, 0) is 125 Å². The molecule has 0 aliphatic carbocycles. The number of hydrogen-bond acceptors (Lipinski definition) is 0. The van der Waals surface area contributed by atoms with Gasteiger partial charge in [0.25, 0.3) is 0 Å². The summed E-state index contributed by atoms with van der Waals surface area (Å²) in [5.41, 5.74) is 13.5. The molecule has 0 amide bonds. The summed E-state index contributed by atoms with van der Waals surface area (Å²) < 4.78 is 0. The van der Waals surface area contributed by atoms with Crippen LogP contribution in [0.25, 0.3) is 88.0 Å². The molecule has 0 bridgehead atoms. The minimum absolute atomic E-state index is 1.21. The second kappa shape index (κ2) is 11.1. The number of aryl methyl sites for hydroxylation is 1. The molecule has 0 heterocycles. The van der Waals surface area contributed by atoms with Gasteiger partial charge in [-0.3, -0.25) is 0 Å². The van der Waals surface area contributed by atoms with Crippen LogP contribution < -0.4 is 0 Å². The highest BCUT2D eigenvalue weighted by Crippen LogP contribution is 2.39. The fourth-order valence-corrected chi connectivity index (χ4v) is 7.13. The molecule has 0 N–H and O–H groups in total. The summed E-state index contributed by atoms with van der Waals surface area (Å²) in [6, 6.07) is 64.8. The number of benzene rings is 9. The highest BCUT2D eigenvalue weighted by Gasteiger charge is 2.12. The van der Waals surface area contributed by atoms with Gasteiger partial charge >= 0.3 is 0 Å². The van der Waals surface area contributed by atoms with E-state index in [4.69, 9.17) is 0 Å². The Labute approximate surface area is 275 Å². The Kier molecular flexibility index (Phi) is 6.47. The minimum Gasteiger partial charge on any atom is -0.0622 e. The minimum atomic E-state index is 1.21. The van der Waals surface area contributed by atoms with Gasteiger partial charge in [0.05, 0.1) is 0 Å². The molecule has 9 rings (SSSR count). The molecule has 0 heteroatoms. The van der Waals surface area contributed by atoms with Gasteiger partial charge in [-0.2, -0.15) is 0 Å². The van der Waals surface area contributed by atoms with Crippen molar-refractivity contribution in [2.24, 2.45) is 0 Å². The van der Waals surface area contributed by atoms with Crippen LogP contribution in [0.2, 0.25) is 0 Å². The third kappa shape index (κ3) is 4.96. The summed E-state index contributed by atoms with van der Waals surface area (Å²) in [6.45, 7) is 2.14. The molecule has 0 spiro atoms. The Morgan fingerprint density at radius 1 is 0.234 bits per heavy atom. The first kappa shape index (κ1) is 27.3. The highest BCUT2D eigenvalue weighted by molar-refractivity contribution is 6.23. The van der Waals surface area contributed by atoms with E-state index in [9.17, 15) is 0 Å². The first-order valence-corrected chi connectivity index (χ1v) is 16.3. The van der Waals surface area contributed by atoms with Crippen LogP contribution in [-0.2, 0) is 0 Å². The molecule has 0 radical (unpaired) electrons. The van der Waals surface area contributed by atoms with E-state index in [-0.39, 0.29) is 0 Å². The molecule has 0 saturated heterocycles. The Morgan fingerprint density at radius 3 is 1.04 bits per heavy atom. The zero-order valence-electron chi connectivity index (χ0n) is 26.2. The van der Waals surface area contributed by atoms with Gasteiger partial charge in [-0.15, -0.1) is 0 Å². The van der Waals surface area contributed by atoms with E-state index < -0.39 is 0 Å². The van der Waals surface area contributed by atoms with E-state index in [0.717, 1.165) is 0 Å². The van der Waals surface area contributed by atoms with Crippen LogP contribution in [-0.4, -0.2) is 0 Å². The maximum Gasteiger partial charge on any atom is -0.00264 e. The van der Waals surface area contributed by atoms with Crippen molar-refractivity contribution in [3.8, 4) is 55.6 Å². The molecule has 0 aliphatic rings. The van der Waals surface area contributed by atoms with E-state index in [2.05, 4.69) is 183 Å². The lowest BCUT2D eigenvalue weighted by atomic mass is 9.90. The second-order valence-electron chi connectivity index (χ2n) is 12.7. The van der Waals surface area contributed by atoms with Gasteiger partial charge < -0.3 is 0 Å². The van der Waals surface area contributed by atoms with Gasteiger partial charge in [0.15, 0.2) is 0 Å². The van der Waals surface area contributed by atoms with Crippen LogP contribution in [0.4, 0.5) is 0 Å². The van der Waals surface area contributed by atoms with E-state index in [1.807, 2.05) is 0 Å². The SMILES string of the molecule is Cc1ccc(-c2cc(-c3ccc(-c4ccccc4)cc3)cc(-c3ccc(-c4cc5ccc6cccc7ccc(c4)c5c67)cc3)c2)cc1. The van der Waals surface area contributed by atoms with Crippen LogP contribution in [0.5, 0.6) is 0 Å². The molecular weight excluding hydrogens is 565 g/mol. The lowest BCUT2D eigenvalue weighted by Crippen LogP contribution is -1.88. The third-order valence-electron chi connectivity index (χ3n) is 9.66. The van der Waals surface area contributed by atoms with Gasteiger partial charge in [0.2, 0.25) is 0 Å². The smallest absolute Gasteiger partial charge is 0.00264 e. The fourth-order valence-electron chi connectivity index (χ4n) is 7.13. The van der Waals surface area contributed by atoms with Crippen molar-refractivity contribution in [1.82, 2.24) is 0 Å². The standard InChI is InChI=1S/C47H32/c1-31-10-12-34(13-11-31)43-28-44(36-16-14-33(15-17-36)32-6-3-2-4-7-32)30-45(29-43)37-20-18-35(19-21-37)42-26-40-24-22-38-8-5-9-39-23-25-41(27-42)47(40)46(38)39/h2-30H,1H3. The molecule has 0 saturated carbocycles. The molecule has 0 nitrogen and oxygen atoms in total. The summed E-state index contributed by atoms with van der Waals surface area (Å²) in [5, 5.41) is 7.91. The van der Waals surface area contributed by atoms with Crippen molar-refractivity contribution in [1.29, 1.82) is 0 Å². The van der Waals surface area contributed by atoms with Crippen LogP contribution in [0.1, 0.15) is 5.56 Å². The average molecular weight is 597 g/mol. The van der Waals surface area contributed by atoms with E-state index in [1.165, 1.54) is 93.5 Å². The van der Waals surface area contributed by atoms with E-state index in [1.54, 1.807) is 0 Å². The third-order valence-corrected chi connectivity index (χ3v) is 9.66. The van der Waals surface area contributed by atoms with Crippen molar-refractivity contribution in [2.75, 3.05) is 0 Å². The molecule has 0 fully saturated rings. The molecule has 220 valence electrons. The predicted octanol–water partition coefficient (Wildman–Crippen LogP) is 13.2. The van der Waals surface area contributed by atoms with Crippen LogP contribution >= 0.6 is 0 Å². The Hall–Kier alpha value is -5.98. The van der Waals surface area contributed by atoms with Gasteiger partial charge in [0.1, 0.15) is 0 Å². The Balaban J connectivity index is 1.11. The Morgan fingerprint density at radius 2 is 0.574 bits per heavy atom. The van der Waals surface area contributed by atoms with Crippen molar-refractivity contribution < 1.29 is 0 Å². The molecule has 47 heavy (non-hydrogen) atoms. The largest absolute Gasteiger partial charge is 0.0622 e. The molecule has 9 aromatic carbocycles. The topological polar surface area (TPSA) is 0 Å². The number of rotatable bonds is 5. The maximum atomic E-state index is 2.35. The molecule has 9 aromatic rings. The lowest BCUT2D eigenvalue weighted by molar-refractivity contribution is 1.47. The highest BCUT2D eigenvalue weighted by atomic mass is 14.2. The molecule has 0 aromatic heterocycles. The number of hydrogen-bond donors (Lipinski definition) is 0.